The molecule has 3 rings (SSSR count). The van der Waals surface area contributed by atoms with Gasteiger partial charge in [0.2, 0.25) is 5.91 Å². The maximum atomic E-state index is 13.2. The molecule has 0 spiro atoms. The molecule has 1 heterocycles. The third-order valence-corrected chi connectivity index (χ3v) is 7.31. The molecule has 0 N–H and O–H groups in total. The molecule has 0 saturated carbocycles. The van der Waals surface area contributed by atoms with Crippen LogP contribution in [0, 0.1) is 0 Å². The molecule has 2 aromatic carbocycles. The Balaban J connectivity index is 1.97. The summed E-state index contributed by atoms with van der Waals surface area (Å²) >= 11 is 0. The number of ether oxygens (including phenoxy) is 2. The van der Waals surface area contributed by atoms with Gasteiger partial charge in [-0.05, 0) is 41.7 Å². The monoisotopic (exact) mass is 445 g/mol. The maximum absolute atomic E-state index is 13.2. The number of methoxy groups -OCH3 is 2. The molecular formula is C24H31NO5S. The lowest BCUT2D eigenvalue weighted by Crippen LogP contribution is -2.43. The Hall–Kier alpha value is -2.54. The summed E-state index contributed by atoms with van der Waals surface area (Å²) in [6.45, 7) is 2.47. The van der Waals surface area contributed by atoms with E-state index in [-0.39, 0.29) is 17.7 Å². The van der Waals surface area contributed by atoms with Crippen molar-refractivity contribution in [3.05, 3.63) is 59.2 Å². The molecule has 1 aliphatic heterocycles. The van der Waals surface area contributed by atoms with Crippen LogP contribution in [-0.4, -0.2) is 51.5 Å². The van der Waals surface area contributed by atoms with Gasteiger partial charge < -0.3 is 14.4 Å². The van der Waals surface area contributed by atoms with E-state index in [4.69, 9.17) is 9.47 Å². The number of carbonyl (C=O) groups excluding carboxylic acids is 1. The molecule has 0 saturated heterocycles. The Morgan fingerprint density at radius 2 is 1.74 bits per heavy atom. The quantitative estimate of drug-likeness (QED) is 0.549. The van der Waals surface area contributed by atoms with E-state index >= 15 is 0 Å². The highest BCUT2D eigenvalue weighted by Gasteiger charge is 2.34. The first-order chi connectivity index (χ1) is 14.9. The Labute approximate surface area is 185 Å². The summed E-state index contributed by atoms with van der Waals surface area (Å²) in [5.74, 6) is 0.474. The molecule has 0 aliphatic carbocycles. The lowest BCUT2D eigenvalue weighted by molar-refractivity contribution is -0.130. The minimum atomic E-state index is -3.44. The number of unbranched alkanes of at least 4 members (excludes halogenated alkanes) is 2. The number of hydrogen-bond acceptors (Lipinski definition) is 5. The summed E-state index contributed by atoms with van der Waals surface area (Å²) in [5.41, 5.74) is 2.94. The fraction of sp³-hybridized carbons (Fsp3) is 0.458. The lowest BCUT2D eigenvalue weighted by Gasteiger charge is -2.38. The van der Waals surface area contributed by atoms with Crippen LogP contribution in [-0.2, 0) is 21.1 Å². The lowest BCUT2D eigenvalue weighted by atomic mass is 9.87. The van der Waals surface area contributed by atoms with Crippen molar-refractivity contribution < 1.29 is 22.7 Å². The Morgan fingerprint density at radius 1 is 1.06 bits per heavy atom. The van der Waals surface area contributed by atoms with E-state index in [0.717, 1.165) is 29.5 Å². The van der Waals surface area contributed by atoms with Crippen LogP contribution in [0.2, 0.25) is 0 Å². The molecule has 7 heteroatoms. The van der Waals surface area contributed by atoms with Gasteiger partial charge in [0.1, 0.15) is 5.75 Å². The second-order valence-corrected chi connectivity index (χ2v) is 10.0. The van der Waals surface area contributed by atoms with E-state index in [1.807, 2.05) is 49.4 Å². The Kier molecular flexibility index (Phi) is 7.59. The van der Waals surface area contributed by atoms with Crippen LogP contribution in [0.3, 0.4) is 0 Å². The summed E-state index contributed by atoms with van der Waals surface area (Å²) < 4.78 is 36.0. The van der Waals surface area contributed by atoms with Crippen molar-refractivity contribution in [2.75, 3.05) is 32.3 Å². The van der Waals surface area contributed by atoms with Crippen LogP contribution in [0.4, 0.5) is 0 Å². The molecule has 0 fully saturated rings. The first-order valence-corrected chi connectivity index (χ1v) is 12.5. The zero-order chi connectivity index (χ0) is 22.4. The van der Waals surface area contributed by atoms with Gasteiger partial charge in [-0.3, -0.25) is 4.79 Å². The Bertz CT molecular complexity index is 1000. The molecule has 0 radical (unpaired) electrons. The van der Waals surface area contributed by atoms with Crippen LogP contribution in [0.25, 0.3) is 0 Å². The fourth-order valence-corrected chi connectivity index (χ4v) is 5.45. The average molecular weight is 446 g/mol. The predicted molar refractivity (Wildman–Crippen MR) is 121 cm³/mol. The van der Waals surface area contributed by atoms with Gasteiger partial charge >= 0.3 is 0 Å². The van der Waals surface area contributed by atoms with Crippen molar-refractivity contribution in [1.29, 1.82) is 0 Å². The largest absolute Gasteiger partial charge is 0.493 e. The molecule has 168 valence electrons. The van der Waals surface area contributed by atoms with E-state index in [9.17, 15) is 13.2 Å². The van der Waals surface area contributed by atoms with Crippen LogP contribution in [0.15, 0.2) is 42.5 Å². The zero-order valence-electron chi connectivity index (χ0n) is 18.5. The summed E-state index contributed by atoms with van der Waals surface area (Å²) in [5, 5.41) is 0. The van der Waals surface area contributed by atoms with Crippen molar-refractivity contribution >= 4 is 15.7 Å². The second kappa shape index (κ2) is 10.2. The van der Waals surface area contributed by atoms with Crippen molar-refractivity contribution in [3.63, 3.8) is 0 Å². The van der Waals surface area contributed by atoms with E-state index in [1.54, 1.807) is 19.1 Å². The summed E-state index contributed by atoms with van der Waals surface area (Å²) in [4.78, 5) is 14.9. The summed E-state index contributed by atoms with van der Waals surface area (Å²) in [6.07, 6.45) is 3.00. The van der Waals surface area contributed by atoms with Gasteiger partial charge in [-0.1, -0.05) is 50.1 Å². The number of sulfone groups is 1. The number of rotatable bonds is 9. The maximum Gasteiger partial charge on any atom is 0.238 e. The molecular weight excluding hydrogens is 414 g/mol. The third kappa shape index (κ3) is 5.39. The van der Waals surface area contributed by atoms with Gasteiger partial charge in [-0.25, -0.2) is 8.42 Å². The van der Waals surface area contributed by atoms with Gasteiger partial charge in [0, 0.05) is 6.54 Å². The molecule has 0 aromatic heterocycles. The van der Waals surface area contributed by atoms with Gasteiger partial charge in [0.25, 0.3) is 0 Å². The van der Waals surface area contributed by atoms with Crippen molar-refractivity contribution in [3.8, 4) is 11.5 Å². The molecule has 2 aromatic rings. The highest BCUT2D eigenvalue weighted by Crippen LogP contribution is 2.41. The smallest absolute Gasteiger partial charge is 0.238 e. The summed E-state index contributed by atoms with van der Waals surface area (Å²) in [7, 11) is -0.267. The van der Waals surface area contributed by atoms with E-state index < -0.39 is 15.6 Å². The van der Waals surface area contributed by atoms with Crippen LogP contribution >= 0.6 is 0 Å². The van der Waals surface area contributed by atoms with Gasteiger partial charge in [0.15, 0.2) is 21.3 Å². The Morgan fingerprint density at radius 3 is 2.39 bits per heavy atom. The minimum absolute atomic E-state index is 0.0536. The molecule has 1 aliphatic rings. The normalized spacial score (nSPS) is 16.0. The van der Waals surface area contributed by atoms with Crippen molar-refractivity contribution in [1.82, 2.24) is 4.90 Å². The van der Waals surface area contributed by atoms with Crippen molar-refractivity contribution in [2.45, 2.75) is 38.6 Å². The molecule has 6 nitrogen and oxygen atoms in total. The number of amides is 1. The van der Waals surface area contributed by atoms with E-state index in [0.29, 0.717) is 30.9 Å². The molecule has 1 atom stereocenters. The minimum Gasteiger partial charge on any atom is -0.493 e. The predicted octanol–water partition coefficient (Wildman–Crippen LogP) is 3.78. The number of carbonyl (C=O) groups is 1. The second-order valence-electron chi connectivity index (χ2n) is 7.86. The van der Waals surface area contributed by atoms with Gasteiger partial charge in [-0.2, -0.15) is 0 Å². The average Bonchev–Trinajstić information content (AvgIpc) is 2.77. The first-order valence-electron chi connectivity index (χ1n) is 10.7. The SMILES string of the molecule is CCCCCS(=O)(=O)CC(=O)N1CCc2cc(OC)c(OC)cc2C1c1ccccc1. The molecule has 1 unspecified atom stereocenters. The van der Waals surface area contributed by atoms with Gasteiger partial charge in [-0.15, -0.1) is 0 Å². The topological polar surface area (TPSA) is 72.9 Å². The number of benzene rings is 2. The summed E-state index contributed by atoms with van der Waals surface area (Å²) in [6, 6.07) is 13.2. The van der Waals surface area contributed by atoms with E-state index in [1.165, 1.54) is 0 Å². The molecule has 0 bridgehead atoms. The van der Waals surface area contributed by atoms with Crippen LogP contribution < -0.4 is 9.47 Å². The van der Waals surface area contributed by atoms with Crippen LogP contribution in [0.5, 0.6) is 11.5 Å². The highest BCUT2D eigenvalue weighted by molar-refractivity contribution is 7.92. The third-order valence-electron chi connectivity index (χ3n) is 5.71. The van der Waals surface area contributed by atoms with E-state index in [2.05, 4.69) is 0 Å². The van der Waals surface area contributed by atoms with Crippen LogP contribution in [0.1, 0.15) is 48.9 Å². The molecule has 31 heavy (non-hydrogen) atoms. The number of hydrogen-bond donors (Lipinski definition) is 0. The standard InChI is InChI=1S/C24H31NO5S/c1-4-5-9-14-31(27,28)17-23(26)25-13-12-19-15-21(29-2)22(30-3)16-20(19)24(25)18-10-7-6-8-11-18/h6-8,10-11,15-16,24H,4-5,9,12-14,17H2,1-3H3. The number of fused-ring (bicyclic) bond motifs is 1. The fourth-order valence-electron chi connectivity index (χ4n) is 4.12. The number of nitrogens with zero attached hydrogens (tertiary/aromatic N) is 1. The van der Waals surface area contributed by atoms with Gasteiger partial charge in [0.05, 0.1) is 26.0 Å². The molecule has 1 amide bonds. The zero-order valence-corrected chi connectivity index (χ0v) is 19.3. The van der Waals surface area contributed by atoms with Crippen molar-refractivity contribution in [2.24, 2.45) is 0 Å². The highest BCUT2D eigenvalue weighted by atomic mass is 32.2. The first kappa shape index (κ1) is 23.1.